The highest BCUT2D eigenvalue weighted by Gasteiger charge is 1.86. The Morgan fingerprint density at radius 1 is 1.64 bits per heavy atom. The number of hydrogen-bond donors (Lipinski definition) is 1. The zero-order valence-electron chi connectivity index (χ0n) is 7.39. The van der Waals surface area contributed by atoms with Gasteiger partial charge in [-0.25, -0.2) is 0 Å². The van der Waals surface area contributed by atoms with Gasteiger partial charge in [0.2, 0.25) is 0 Å². The number of allylic oxidation sites excluding steroid dienone is 1. The Kier molecular flexibility index (Phi) is 13.7. The summed E-state index contributed by atoms with van der Waals surface area (Å²) in [7, 11) is 1.83. The van der Waals surface area contributed by atoms with E-state index in [2.05, 4.69) is 18.5 Å². The van der Waals surface area contributed by atoms with E-state index in [0.29, 0.717) is 6.42 Å². The average molecular weight is 155 g/mol. The molecule has 0 heterocycles. The maximum atomic E-state index is 9.80. The van der Waals surface area contributed by atoms with Gasteiger partial charge in [0, 0.05) is 13.0 Å². The second-order valence-electron chi connectivity index (χ2n) is 2.06. The molecule has 0 rings (SSSR count). The van der Waals surface area contributed by atoms with Crippen molar-refractivity contribution in [1.82, 2.24) is 5.32 Å². The SMILES string of the molecule is C=C(CC=O)CNC.C=CC. The molecular formula is C9H17NO. The monoisotopic (exact) mass is 155 g/mol. The van der Waals surface area contributed by atoms with E-state index in [4.69, 9.17) is 0 Å². The van der Waals surface area contributed by atoms with Crippen molar-refractivity contribution in [3.05, 3.63) is 24.8 Å². The number of rotatable bonds is 4. The first-order valence-electron chi connectivity index (χ1n) is 3.54. The number of likely N-dealkylation sites (N-methyl/N-ethyl adjacent to an activating group) is 1. The van der Waals surface area contributed by atoms with Crippen molar-refractivity contribution in [2.45, 2.75) is 13.3 Å². The van der Waals surface area contributed by atoms with Gasteiger partial charge >= 0.3 is 0 Å². The Hall–Kier alpha value is -0.890. The fourth-order valence-electron chi connectivity index (χ4n) is 0.440. The van der Waals surface area contributed by atoms with Gasteiger partial charge in [0.15, 0.2) is 0 Å². The lowest BCUT2D eigenvalue weighted by molar-refractivity contribution is -0.107. The van der Waals surface area contributed by atoms with Crippen molar-refractivity contribution in [2.75, 3.05) is 13.6 Å². The number of hydrogen-bond acceptors (Lipinski definition) is 2. The number of aldehydes is 1. The minimum absolute atomic E-state index is 0.473. The molecule has 0 bridgehead atoms. The van der Waals surface area contributed by atoms with Gasteiger partial charge in [0.25, 0.3) is 0 Å². The van der Waals surface area contributed by atoms with Crippen LogP contribution in [-0.4, -0.2) is 19.9 Å². The summed E-state index contributed by atoms with van der Waals surface area (Å²) in [6.07, 6.45) is 3.08. The van der Waals surface area contributed by atoms with Crippen molar-refractivity contribution in [2.24, 2.45) is 0 Å². The summed E-state index contributed by atoms with van der Waals surface area (Å²) in [5.41, 5.74) is 0.933. The molecule has 0 aliphatic heterocycles. The molecule has 0 atom stereocenters. The lowest BCUT2D eigenvalue weighted by atomic mass is 10.2. The summed E-state index contributed by atoms with van der Waals surface area (Å²) in [6, 6.07) is 0. The molecule has 0 aromatic rings. The first-order valence-corrected chi connectivity index (χ1v) is 3.54. The van der Waals surface area contributed by atoms with E-state index >= 15 is 0 Å². The third kappa shape index (κ3) is 17.6. The number of carbonyl (C=O) groups excluding carboxylic acids is 1. The highest BCUT2D eigenvalue weighted by Crippen LogP contribution is 1.89. The largest absolute Gasteiger partial charge is 0.316 e. The Bertz CT molecular complexity index is 119. The maximum absolute atomic E-state index is 9.80. The van der Waals surface area contributed by atoms with E-state index in [9.17, 15) is 4.79 Å². The van der Waals surface area contributed by atoms with Crippen LogP contribution in [0, 0.1) is 0 Å². The van der Waals surface area contributed by atoms with E-state index in [1.165, 1.54) is 0 Å². The molecule has 64 valence electrons. The molecule has 0 radical (unpaired) electrons. The van der Waals surface area contributed by atoms with E-state index in [-0.39, 0.29) is 0 Å². The number of nitrogens with one attached hydrogen (secondary N) is 1. The Labute approximate surface area is 69.0 Å². The average Bonchev–Trinajstić information content (AvgIpc) is 1.90. The van der Waals surface area contributed by atoms with Crippen LogP contribution in [0.5, 0.6) is 0 Å². The van der Waals surface area contributed by atoms with Gasteiger partial charge in [0.1, 0.15) is 6.29 Å². The molecule has 2 nitrogen and oxygen atoms in total. The van der Waals surface area contributed by atoms with Crippen LogP contribution in [0.3, 0.4) is 0 Å². The molecule has 0 aliphatic rings. The zero-order chi connectivity index (χ0) is 9.11. The van der Waals surface area contributed by atoms with E-state index in [1.807, 2.05) is 14.0 Å². The standard InChI is InChI=1S/C6H11NO.C3H6/c1-6(3-4-8)5-7-2;1-3-2/h4,7H,1,3,5H2,2H3;3H,1H2,2H3. The molecule has 11 heavy (non-hydrogen) atoms. The van der Waals surface area contributed by atoms with E-state index in [1.54, 1.807) is 6.08 Å². The first kappa shape index (κ1) is 12.8. The molecule has 0 unspecified atom stereocenters. The van der Waals surface area contributed by atoms with Gasteiger partial charge in [-0.1, -0.05) is 18.2 Å². The molecule has 0 spiro atoms. The van der Waals surface area contributed by atoms with Crippen molar-refractivity contribution in [1.29, 1.82) is 0 Å². The van der Waals surface area contributed by atoms with Crippen molar-refractivity contribution >= 4 is 6.29 Å². The van der Waals surface area contributed by atoms with Crippen LogP contribution in [0.25, 0.3) is 0 Å². The molecule has 0 saturated carbocycles. The fraction of sp³-hybridized carbons (Fsp3) is 0.444. The topological polar surface area (TPSA) is 29.1 Å². The lowest BCUT2D eigenvalue weighted by Crippen LogP contribution is -2.09. The molecule has 0 fully saturated rings. The Balaban J connectivity index is 0. The highest BCUT2D eigenvalue weighted by atomic mass is 16.1. The molecular weight excluding hydrogens is 138 g/mol. The third-order valence-corrected chi connectivity index (χ3v) is 0.799. The third-order valence-electron chi connectivity index (χ3n) is 0.799. The summed E-state index contributed by atoms with van der Waals surface area (Å²) in [5.74, 6) is 0. The molecule has 0 aromatic carbocycles. The zero-order valence-corrected chi connectivity index (χ0v) is 7.39. The molecule has 0 saturated heterocycles. The lowest BCUT2D eigenvalue weighted by Gasteiger charge is -1.95. The summed E-state index contributed by atoms with van der Waals surface area (Å²) in [4.78, 5) is 9.80. The first-order chi connectivity index (χ1) is 5.22. The van der Waals surface area contributed by atoms with Gasteiger partial charge in [0.05, 0.1) is 0 Å². The van der Waals surface area contributed by atoms with Gasteiger partial charge in [-0.15, -0.1) is 6.58 Å². The normalized spacial score (nSPS) is 7.45. The van der Waals surface area contributed by atoms with Crippen molar-refractivity contribution in [3.8, 4) is 0 Å². The van der Waals surface area contributed by atoms with Crippen LogP contribution in [0.1, 0.15) is 13.3 Å². The van der Waals surface area contributed by atoms with Crippen LogP contribution >= 0.6 is 0 Å². The van der Waals surface area contributed by atoms with E-state index in [0.717, 1.165) is 18.4 Å². The van der Waals surface area contributed by atoms with Crippen LogP contribution in [0.4, 0.5) is 0 Å². The van der Waals surface area contributed by atoms with Crippen LogP contribution < -0.4 is 5.32 Å². The van der Waals surface area contributed by atoms with Crippen LogP contribution in [0.15, 0.2) is 24.8 Å². The minimum atomic E-state index is 0.473. The fourth-order valence-corrected chi connectivity index (χ4v) is 0.440. The van der Waals surface area contributed by atoms with Crippen LogP contribution in [-0.2, 0) is 4.79 Å². The van der Waals surface area contributed by atoms with Crippen molar-refractivity contribution < 1.29 is 4.79 Å². The molecule has 0 aromatic heterocycles. The maximum Gasteiger partial charge on any atom is 0.124 e. The molecule has 1 N–H and O–H groups in total. The van der Waals surface area contributed by atoms with Gasteiger partial charge < -0.3 is 10.1 Å². The molecule has 0 amide bonds. The Morgan fingerprint density at radius 2 is 2.09 bits per heavy atom. The quantitative estimate of drug-likeness (QED) is 0.493. The summed E-state index contributed by atoms with van der Waals surface area (Å²) < 4.78 is 0. The van der Waals surface area contributed by atoms with Gasteiger partial charge in [-0.2, -0.15) is 0 Å². The van der Waals surface area contributed by atoms with Crippen molar-refractivity contribution in [3.63, 3.8) is 0 Å². The predicted molar refractivity (Wildman–Crippen MR) is 49.6 cm³/mol. The summed E-state index contributed by atoms with van der Waals surface area (Å²) in [5, 5.41) is 2.89. The molecule has 0 aliphatic carbocycles. The van der Waals surface area contributed by atoms with E-state index < -0.39 is 0 Å². The second-order valence-corrected chi connectivity index (χ2v) is 2.06. The predicted octanol–water partition coefficient (Wildman–Crippen LogP) is 1.54. The van der Waals surface area contributed by atoms with Gasteiger partial charge in [-0.05, 0) is 14.0 Å². The highest BCUT2D eigenvalue weighted by molar-refractivity contribution is 5.53. The minimum Gasteiger partial charge on any atom is -0.316 e. The second kappa shape index (κ2) is 11.9. The smallest absolute Gasteiger partial charge is 0.124 e. The van der Waals surface area contributed by atoms with Gasteiger partial charge in [-0.3, -0.25) is 0 Å². The van der Waals surface area contributed by atoms with Crippen LogP contribution in [0.2, 0.25) is 0 Å². The Morgan fingerprint density at radius 3 is 2.36 bits per heavy atom. The summed E-state index contributed by atoms with van der Waals surface area (Å²) >= 11 is 0. The molecule has 2 heteroatoms. The summed E-state index contributed by atoms with van der Waals surface area (Å²) in [6.45, 7) is 9.63. The number of carbonyl (C=O) groups is 1.